The van der Waals surface area contributed by atoms with Gasteiger partial charge in [0.25, 0.3) is 0 Å². The highest BCUT2D eigenvalue weighted by Crippen LogP contribution is 2.27. The average Bonchev–Trinajstić information content (AvgIpc) is 2.20. The van der Waals surface area contributed by atoms with Gasteiger partial charge in [-0.25, -0.2) is 9.78 Å². The Kier molecular flexibility index (Phi) is 3.55. The predicted molar refractivity (Wildman–Crippen MR) is 49.7 cm³/mol. The summed E-state index contributed by atoms with van der Waals surface area (Å²) in [5.41, 5.74) is -1.80. The van der Waals surface area contributed by atoms with Crippen LogP contribution in [0.15, 0.2) is 10.9 Å². The van der Waals surface area contributed by atoms with E-state index in [0.29, 0.717) is 6.07 Å². The molecular formula is C8H4F3N3O4. The summed E-state index contributed by atoms with van der Waals surface area (Å²) >= 11 is 0. The van der Waals surface area contributed by atoms with Crippen LogP contribution in [0.1, 0.15) is 5.56 Å². The first kappa shape index (κ1) is 13.5. The lowest BCUT2D eigenvalue weighted by Gasteiger charge is -2.10. The quantitative estimate of drug-likeness (QED) is 0.651. The molecule has 10 heteroatoms. The standard InChI is InChI=1S/C8H4F3N3O4/c9-8(10,11)18-5-3-6(14(16)17)13-7(15)4(5)1-2-12/h3H,1H2,(H,13,15). The van der Waals surface area contributed by atoms with Crippen molar-refractivity contribution in [3.05, 3.63) is 32.1 Å². The molecule has 1 N–H and O–H groups in total. The molecular weight excluding hydrogens is 259 g/mol. The van der Waals surface area contributed by atoms with E-state index in [1.807, 2.05) is 0 Å². The van der Waals surface area contributed by atoms with Crippen molar-refractivity contribution >= 4 is 5.82 Å². The van der Waals surface area contributed by atoms with Gasteiger partial charge >= 0.3 is 17.7 Å². The molecule has 0 amide bonds. The topological polar surface area (TPSA) is 109 Å². The highest BCUT2D eigenvalue weighted by atomic mass is 19.4. The number of aromatic amines is 1. The van der Waals surface area contributed by atoms with Crippen molar-refractivity contribution in [3.8, 4) is 11.8 Å². The van der Waals surface area contributed by atoms with Crippen molar-refractivity contribution in [1.82, 2.24) is 4.98 Å². The molecule has 1 aromatic rings. The molecule has 0 spiro atoms. The van der Waals surface area contributed by atoms with Gasteiger partial charge < -0.3 is 14.9 Å². The third kappa shape index (κ3) is 3.21. The molecule has 0 fully saturated rings. The second kappa shape index (κ2) is 4.74. The van der Waals surface area contributed by atoms with Gasteiger partial charge in [-0.15, -0.1) is 13.2 Å². The fourth-order valence-corrected chi connectivity index (χ4v) is 1.11. The summed E-state index contributed by atoms with van der Waals surface area (Å²) in [7, 11) is 0. The molecule has 1 rings (SSSR count). The van der Waals surface area contributed by atoms with Gasteiger partial charge in [-0.1, -0.05) is 0 Å². The number of nitriles is 1. The Bertz CT molecular complexity index is 572. The van der Waals surface area contributed by atoms with Crippen LogP contribution in [0, 0.1) is 21.4 Å². The van der Waals surface area contributed by atoms with Gasteiger partial charge in [0.15, 0.2) is 0 Å². The van der Waals surface area contributed by atoms with E-state index in [1.165, 1.54) is 6.07 Å². The Balaban J connectivity index is 3.39. The average molecular weight is 263 g/mol. The second-order valence-electron chi connectivity index (χ2n) is 2.97. The maximum absolute atomic E-state index is 12.0. The summed E-state index contributed by atoms with van der Waals surface area (Å²) < 4.78 is 39.6. The van der Waals surface area contributed by atoms with Crippen LogP contribution in [-0.4, -0.2) is 16.3 Å². The van der Waals surface area contributed by atoms with E-state index in [-0.39, 0.29) is 0 Å². The first-order valence-electron chi connectivity index (χ1n) is 4.28. The zero-order chi connectivity index (χ0) is 13.9. The number of halogens is 3. The lowest BCUT2D eigenvalue weighted by atomic mass is 10.2. The van der Waals surface area contributed by atoms with E-state index < -0.39 is 40.4 Å². The Hall–Kier alpha value is -2.57. The maximum atomic E-state index is 12.0. The van der Waals surface area contributed by atoms with Crippen LogP contribution in [0.5, 0.6) is 5.75 Å². The largest absolute Gasteiger partial charge is 0.573 e. The van der Waals surface area contributed by atoms with Gasteiger partial charge in [-0.3, -0.25) is 0 Å². The fourth-order valence-electron chi connectivity index (χ4n) is 1.11. The molecule has 0 aliphatic rings. The van der Waals surface area contributed by atoms with Crippen LogP contribution in [-0.2, 0) is 6.42 Å². The minimum absolute atomic E-state index is 0.404. The van der Waals surface area contributed by atoms with E-state index in [2.05, 4.69) is 4.74 Å². The highest BCUT2D eigenvalue weighted by Gasteiger charge is 2.33. The lowest BCUT2D eigenvalue weighted by Crippen LogP contribution is -2.22. The number of nitro groups is 1. The van der Waals surface area contributed by atoms with E-state index in [0.717, 1.165) is 0 Å². The zero-order valence-corrected chi connectivity index (χ0v) is 8.45. The molecule has 0 atom stereocenters. The summed E-state index contributed by atoms with van der Waals surface area (Å²) in [6.07, 6.45) is -5.79. The predicted octanol–water partition coefficient (Wildman–Crippen LogP) is 1.25. The normalized spacial score (nSPS) is 10.8. The van der Waals surface area contributed by atoms with Crippen molar-refractivity contribution in [3.63, 3.8) is 0 Å². The number of H-pyrrole nitrogens is 1. The highest BCUT2D eigenvalue weighted by molar-refractivity contribution is 5.39. The van der Waals surface area contributed by atoms with Gasteiger partial charge in [-0.05, 0) is 4.92 Å². The number of pyridine rings is 1. The molecule has 0 unspecified atom stereocenters. The van der Waals surface area contributed by atoms with E-state index in [4.69, 9.17) is 5.26 Å². The lowest BCUT2D eigenvalue weighted by molar-refractivity contribution is -0.389. The van der Waals surface area contributed by atoms with E-state index in [1.54, 1.807) is 4.98 Å². The number of hydrogen-bond acceptors (Lipinski definition) is 5. The number of nitrogens with zero attached hydrogens (tertiary/aromatic N) is 2. The number of rotatable bonds is 3. The van der Waals surface area contributed by atoms with E-state index in [9.17, 15) is 28.1 Å². The molecule has 0 radical (unpaired) electrons. The monoisotopic (exact) mass is 263 g/mol. The fraction of sp³-hybridized carbons (Fsp3) is 0.250. The number of hydrogen-bond donors (Lipinski definition) is 1. The minimum atomic E-state index is -5.12. The van der Waals surface area contributed by atoms with Crippen molar-refractivity contribution < 1.29 is 22.8 Å². The minimum Gasteiger partial charge on any atom is -0.405 e. The maximum Gasteiger partial charge on any atom is 0.573 e. The third-order valence-electron chi connectivity index (χ3n) is 1.76. The molecule has 0 bridgehead atoms. The SMILES string of the molecule is N#CCc1c(OC(F)(F)F)cc([N+](=O)[O-])[nH]c1=O. The molecule has 1 aromatic heterocycles. The molecule has 7 nitrogen and oxygen atoms in total. The summed E-state index contributed by atoms with van der Waals surface area (Å²) in [5.74, 6) is -2.01. The number of ether oxygens (including phenoxy) is 1. The first-order valence-corrected chi connectivity index (χ1v) is 4.28. The molecule has 0 aliphatic carbocycles. The van der Waals surface area contributed by atoms with Gasteiger partial charge in [0.2, 0.25) is 0 Å². The summed E-state index contributed by atoms with van der Waals surface area (Å²) in [4.78, 5) is 22.3. The van der Waals surface area contributed by atoms with Gasteiger partial charge in [0.05, 0.1) is 24.1 Å². The van der Waals surface area contributed by atoms with Gasteiger partial charge in [-0.2, -0.15) is 5.26 Å². The summed E-state index contributed by atoms with van der Waals surface area (Å²) in [6, 6.07) is 1.87. The molecule has 0 aliphatic heterocycles. The van der Waals surface area contributed by atoms with Crippen LogP contribution < -0.4 is 10.3 Å². The van der Waals surface area contributed by atoms with E-state index >= 15 is 0 Å². The smallest absolute Gasteiger partial charge is 0.405 e. The van der Waals surface area contributed by atoms with Gasteiger partial charge in [0, 0.05) is 0 Å². The van der Waals surface area contributed by atoms with Crippen LogP contribution in [0.2, 0.25) is 0 Å². The summed E-state index contributed by atoms with van der Waals surface area (Å²) in [6.45, 7) is 0. The molecule has 1 heterocycles. The molecule has 0 saturated heterocycles. The number of alkyl halides is 3. The van der Waals surface area contributed by atoms with Crippen LogP contribution in [0.4, 0.5) is 19.0 Å². The molecule has 96 valence electrons. The number of nitrogens with one attached hydrogen (secondary N) is 1. The number of aromatic nitrogens is 1. The Morgan fingerprint density at radius 1 is 1.56 bits per heavy atom. The molecule has 18 heavy (non-hydrogen) atoms. The van der Waals surface area contributed by atoms with Crippen LogP contribution in [0.25, 0.3) is 0 Å². The van der Waals surface area contributed by atoms with Crippen molar-refractivity contribution in [1.29, 1.82) is 5.26 Å². The van der Waals surface area contributed by atoms with Crippen molar-refractivity contribution in [2.24, 2.45) is 0 Å². The Labute approximate surface area is 96.6 Å². The Morgan fingerprint density at radius 2 is 2.17 bits per heavy atom. The summed E-state index contributed by atoms with van der Waals surface area (Å²) in [5, 5.41) is 18.7. The van der Waals surface area contributed by atoms with Crippen molar-refractivity contribution in [2.45, 2.75) is 12.8 Å². The Morgan fingerprint density at radius 3 is 2.61 bits per heavy atom. The first-order chi connectivity index (χ1) is 8.24. The van der Waals surface area contributed by atoms with Gasteiger partial charge in [0.1, 0.15) is 5.75 Å². The third-order valence-corrected chi connectivity index (χ3v) is 1.76. The van der Waals surface area contributed by atoms with Crippen molar-refractivity contribution in [2.75, 3.05) is 0 Å². The second-order valence-corrected chi connectivity index (χ2v) is 2.97. The van der Waals surface area contributed by atoms with Crippen LogP contribution in [0.3, 0.4) is 0 Å². The molecule has 0 aromatic carbocycles. The van der Waals surface area contributed by atoms with Crippen LogP contribution >= 0.6 is 0 Å². The molecule has 0 saturated carbocycles. The zero-order valence-electron chi connectivity index (χ0n) is 8.45.